The number of carbonyl (C=O) groups excluding carboxylic acids is 1. The molecule has 2 heterocycles. The van der Waals surface area contributed by atoms with Crippen molar-refractivity contribution in [3.63, 3.8) is 0 Å². The topological polar surface area (TPSA) is 78.4 Å². The molecule has 0 aromatic carbocycles. The number of nitrogens with zero attached hydrogens (tertiary/aromatic N) is 3. The van der Waals surface area contributed by atoms with E-state index in [1.807, 2.05) is 24.8 Å². The van der Waals surface area contributed by atoms with Gasteiger partial charge in [0, 0.05) is 31.0 Å². The minimum absolute atomic E-state index is 0.108. The minimum atomic E-state index is -1.30. The van der Waals surface area contributed by atoms with Gasteiger partial charge in [-0.25, -0.2) is 9.97 Å². The van der Waals surface area contributed by atoms with Crippen LogP contribution >= 0.6 is 0 Å². The highest BCUT2D eigenvalue weighted by Crippen LogP contribution is 2.28. The fraction of sp³-hybridized carbons (Fsp3) is 0.750. The molecule has 1 amide bonds. The molecule has 26 heavy (non-hydrogen) atoms. The summed E-state index contributed by atoms with van der Waals surface area (Å²) < 4.78 is 0. The highest BCUT2D eigenvalue weighted by molar-refractivity contribution is 5.86. The third-order valence-corrected chi connectivity index (χ3v) is 5.64. The van der Waals surface area contributed by atoms with Gasteiger partial charge < -0.3 is 15.3 Å². The van der Waals surface area contributed by atoms with Gasteiger partial charge >= 0.3 is 0 Å². The molecule has 1 saturated carbocycles. The van der Waals surface area contributed by atoms with Crippen LogP contribution in [-0.2, 0) is 11.3 Å². The van der Waals surface area contributed by atoms with Crippen LogP contribution in [0.15, 0.2) is 6.07 Å². The molecule has 0 bridgehead atoms. The quantitative estimate of drug-likeness (QED) is 0.812. The van der Waals surface area contributed by atoms with Crippen LogP contribution in [0.4, 0.5) is 0 Å². The molecule has 1 unspecified atom stereocenters. The van der Waals surface area contributed by atoms with E-state index in [9.17, 15) is 9.90 Å². The first-order chi connectivity index (χ1) is 12.5. The predicted molar refractivity (Wildman–Crippen MR) is 101 cm³/mol. The average molecular weight is 361 g/mol. The van der Waals surface area contributed by atoms with Crippen molar-refractivity contribution in [1.29, 1.82) is 0 Å². The Morgan fingerprint density at radius 3 is 2.58 bits per heavy atom. The molecule has 1 saturated heterocycles. The SMILES string of the molecule is Cc1cc(C)nc(CNCC2(O)CCCN(CC3CCCCC3)C2=O)n1. The lowest BCUT2D eigenvalue weighted by atomic mass is 9.86. The van der Waals surface area contributed by atoms with Gasteiger partial charge in [-0.3, -0.25) is 4.79 Å². The highest BCUT2D eigenvalue weighted by Gasteiger charge is 2.42. The highest BCUT2D eigenvalue weighted by atomic mass is 16.3. The van der Waals surface area contributed by atoms with Crippen LogP contribution < -0.4 is 5.32 Å². The van der Waals surface area contributed by atoms with E-state index in [0.717, 1.165) is 30.9 Å². The van der Waals surface area contributed by atoms with Gasteiger partial charge in [-0.15, -0.1) is 0 Å². The molecule has 1 aliphatic carbocycles. The van der Waals surface area contributed by atoms with Gasteiger partial charge in [-0.05, 0) is 51.5 Å². The lowest BCUT2D eigenvalue weighted by molar-refractivity contribution is -0.157. The van der Waals surface area contributed by atoms with Crippen molar-refractivity contribution in [2.75, 3.05) is 19.6 Å². The van der Waals surface area contributed by atoms with Crippen molar-refractivity contribution in [2.45, 2.75) is 70.9 Å². The van der Waals surface area contributed by atoms with Crippen LogP contribution in [0.3, 0.4) is 0 Å². The molecule has 2 aliphatic rings. The Morgan fingerprint density at radius 1 is 1.19 bits per heavy atom. The van der Waals surface area contributed by atoms with Crippen molar-refractivity contribution in [2.24, 2.45) is 5.92 Å². The van der Waals surface area contributed by atoms with Crippen LogP contribution in [0.1, 0.15) is 62.2 Å². The van der Waals surface area contributed by atoms with E-state index in [4.69, 9.17) is 0 Å². The van der Waals surface area contributed by atoms with E-state index >= 15 is 0 Å². The molecule has 0 radical (unpaired) electrons. The number of aryl methyl sites for hydroxylation is 2. The predicted octanol–water partition coefficient (Wildman–Crippen LogP) is 2.12. The second kappa shape index (κ2) is 8.44. The molecule has 1 atom stereocenters. The molecular formula is C20H32N4O2. The Kier molecular flexibility index (Phi) is 6.24. The Labute approximate surface area is 156 Å². The van der Waals surface area contributed by atoms with Gasteiger partial charge in [0.25, 0.3) is 5.91 Å². The van der Waals surface area contributed by atoms with E-state index < -0.39 is 5.60 Å². The third-order valence-electron chi connectivity index (χ3n) is 5.64. The maximum atomic E-state index is 12.9. The van der Waals surface area contributed by atoms with Gasteiger partial charge in [0.1, 0.15) is 5.82 Å². The van der Waals surface area contributed by atoms with E-state index in [1.165, 1.54) is 32.1 Å². The van der Waals surface area contributed by atoms with Crippen LogP contribution in [0, 0.1) is 19.8 Å². The van der Waals surface area contributed by atoms with Crippen molar-refractivity contribution >= 4 is 5.91 Å². The molecule has 1 aliphatic heterocycles. The lowest BCUT2D eigenvalue weighted by Gasteiger charge is -2.40. The van der Waals surface area contributed by atoms with E-state index in [1.54, 1.807) is 0 Å². The summed E-state index contributed by atoms with van der Waals surface area (Å²) >= 11 is 0. The van der Waals surface area contributed by atoms with E-state index in [0.29, 0.717) is 24.7 Å². The zero-order valence-corrected chi connectivity index (χ0v) is 16.1. The molecule has 6 heteroatoms. The summed E-state index contributed by atoms with van der Waals surface area (Å²) in [4.78, 5) is 23.6. The number of carbonyl (C=O) groups is 1. The zero-order valence-electron chi connectivity index (χ0n) is 16.1. The first-order valence-corrected chi connectivity index (χ1v) is 10.00. The second-order valence-corrected chi connectivity index (χ2v) is 8.06. The average Bonchev–Trinajstić information content (AvgIpc) is 2.59. The fourth-order valence-electron chi connectivity index (χ4n) is 4.34. The number of likely N-dealkylation sites (tertiary alicyclic amines) is 1. The summed E-state index contributed by atoms with van der Waals surface area (Å²) in [5, 5.41) is 14.1. The second-order valence-electron chi connectivity index (χ2n) is 8.06. The summed E-state index contributed by atoms with van der Waals surface area (Å²) in [5.74, 6) is 1.20. The lowest BCUT2D eigenvalue weighted by Crippen LogP contribution is -2.58. The van der Waals surface area contributed by atoms with E-state index in [2.05, 4.69) is 15.3 Å². The molecule has 6 nitrogen and oxygen atoms in total. The smallest absolute Gasteiger partial charge is 0.255 e. The Balaban J connectivity index is 1.54. The van der Waals surface area contributed by atoms with Crippen LogP contribution in [0.2, 0.25) is 0 Å². The van der Waals surface area contributed by atoms with Crippen LogP contribution in [-0.4, -0.2) is 51.1 Å². The van der Waals surface area contributed by atoms with Crippen molar-refractivity contribution < 1.29 is 9.90 Å². The zero-order chi connectivity index (χ0) is 18.6. The molecule has 1 aromatic rings. The Bertz CT molecular complexity index is 610. The normalized spacial score (nSPS) is 24.9. The fourth-order valence-corrected chi connectivity index (χ4v) is 4.34. The molecule has 0 spiro atoms. The van der Waals surface area contributed by atoms with Crippen molar-refractivity contribution in [1.82, 2.24) is 20.2 Å². The van der Waals surface area contributed by atoms with Crippen molar-refractivity contribution in [3.8, 4) is 0 Å². The molecule has 3 rings (SSSR count). The number of hydrogen-bond donors (Lipinski definition) is 2. The number of piperidine rings is 1. The molecular weight excluding hydrogens is 328 g/mol. The molecule has 2 fully saturated rings. The number of hydrogen-bond acceptors (Lipinski definition) is 5. The summed E-state index contributed by atoms with van der Waals surface area (Å²) in [6, 6.07) is 1.94. The van der Waals surface area contributed by atoms with Crippen molar-refractivity contribution in [3.05, 3.63) is 23.3 Å². The molecule has 2 N–H and O–H groups in total. The standard InChI is InChI=1S/C20H32N4O2/c1-15-11-16(2)23-18(22-15)12-21-14-20(26)9-6-10-24(19(20)25)13-17-7-4-3-5-8-17/h11,17,21,26H,3-10,12-14H2,1-2H3. The van der Waals surface area contributed by atoms with Crippen LogP contribution in [0.25, 0.3) is 0 Å². The number of aromatic nitrogens is 2. The van der Waals surface area contributed by atoms with Gasteiger partial charge in [-0.1, -0.05) is 19.3 Å². The number of amides is 1. The summed E-state index contributed by atoms with van der Waals surface area (Å²) in [7, 11) is 0. The molecule has 144 valence electrons. The third kappa shape index (κ3) is 4.80. The number of aliphatic hydroxyl groups is 1. The summed E-state index contributed by atoms with van der Waals surface area (Å²) in [6.07, 6.45) is 7.67. The number of nitrogens with one attached hydrogen (secondary N) is 1. The monoisotopic (exact) mass is 360 g/mol. The molecule has 1 aromatic heterocycles. The Hall–Kier alpha value is -1.53. The van der Waals surface area contributed by atoms with Gasteiger partial charge in [0.05, 0.1) is 6.54 Å². The largest absolute Gasteiger partial charge is 0.379 e. The maximum absolute atomic E-state index is 12.9. The number of rotatable bonds is 6. The van der Waals surface area contributed by atoms with Gasteiger partial charge in [0.15, 0.2) is 5.60 Å². The summed E-state index contributed by atoms with van der Waals surface area (Å²) in [6.45, 7) is 6.18. The maximum Gasteiger partial charge on any atom is 0.255 e. The first-order valence-electron chi connectivity index (χ1n) is 10.00. The van der Waals surface area contributed by atoms with Gasteiger partial charge in [-0.2, -0.15) is 0 Å². The Morgan fingerprint density at radius 2 is 1.88 bits per heavy atom. The minimum Gasteiger partial charge on any atom is -0.379 e. The summed E-state index contributed by atoms with van der Waals surface area (Å²) in [5.41, 5.74) is 0.562. The first kappa shape index (κ1) is 19.2. The van der Waals surface area contributed by atoms with E-state index in [-0.39, 0.29) is 12.5 Å². The van der Waals surface area contributed by atoms with Gasteiger partial charge in [0.2, 0.25) is 0 Å². The van der Waals surface area contributed by atoms with Crippen LogP contribution in [0.5, 0.6) is 0 Å².